The molecular formula is C28H31FN2O2. The van der Waals surface area contributed by atoms with Crippen molar-refractivity contribution in [3.8, 4) is 5.75 Å². The number of nitrogens with one attached hydrogen (secondary N) is 1. The summed E-state index contributed by atoms with van der Waals surface area (Å²) in [6.07, 6.45) is 2.59. The molecule has 4 rings (SSSR count). The summed E-state index contributed by atoms with van der Waals surface area (Å²) < 4.78 is 18.7. The third kappa shape index (κ3) is 6.90. The zero-order valence-corrected chi connectivity index (χ0v) is 19.1. The summed E-state index contributed by atoms with van der Waals surface area (Å²) in [5.74, 6) is 1.16. The zero-order chi connectivity index (χ0) is 23.0. The van der Waals surface area contributed by atoms with Crippen molar-refractivity contribution in [3.63, 3.8) is 0 Å². The first-order valence-corrected chi connectivity index (χ1v) is 11.6. The van der Waals surface area contributed by atoms with Gasteiger partial charge in [-0.1, -0.05) is 43.3 Å². The lowest BCUT2D eigenvalue weighted by Crippen LogP contribution is -2.33. The van der Waals surface area contributed by atoms with Gasteiger partial charge in [0.1, 0.15) is 18.2 Å². The van der Waals surface area contributed by atoms with Gasteiger partial charge in [-0.3, -0.25) is 9.69 Å². The second-order valence-corrected chi connectivity index (χ2v) is 8.92. The van der Waals surface area contributed by atoms with E-state index in [1.165, 1.54) is 30.5 Å². The fourth-order valence-electron chi connectivity index (χ4n) is 4.19. The van der Waals surface area contributed by atoms with Crippen LogP contribution < -0.4 is 10.1 Å². The van der Waals surface area contributed by atoms with Crippen LogP contribution in [0.3, 0.4) is 0 Å². The monoisotopic (exact) mass is 446 g/mol. The van der Waals surface area contributed by atoms with E-state index >= 15 is 0 Å². The van der Waals surface area contributed by atoms with E-state index in [0.29, 0.717) is 18.7 Å². The summed E-state index contributed by atoms with van der Waals surface area (Å²) in [6.45, 7) is 6.39. The Kier molecular flexibility index (Phi) is 7.74. The molecule has 3 aromatic carbocycles. The Balaban J connectivity index is 1.23. The molecule has 1 atom stereocenters. The van der Waals surface area contributed by atoms with Gasteiger partial charge in [-0.15, -0.1) is 0 Å². The van der Waals surface area contributed by atoms with Crippen LogP contribution in [0.15, 0.2) is 72.8 Å². The van der Waals surface area contributed by atoms with E-state index in [1.54, 1.807) is 12.1 Å². The van der Waals surface area contributed by atoms with Crippen LogP contribution in [-0.2, 0) is 19.7 Å². The highest BCUT2D eigenvalue weighted by Gasteiger charge is 2.16. The van der Waals surface area contributed by atoms with E-state index in [0.717, 1.165) is 42.4 Å². The summed E-state index contributed by atoms with van der Waals surface area (Å²) in [4.78, 5) is 15.0. The third-order valence-electron chi connectivity index (χ3n) is 6.06. The Hall–Kier alpha value is -3.18. The SMILES string of the molecule is C[C@@H]1CCCN(Cc2ccc(C(=O)NCc3ccc(OCc4ccc(F)cc4)cc3)cc2)C1. The van der Waals surface area contributed by atoms with Gasteiger partial charge in [-0.2, -0.15) is 0 Å². The summed E-state index contributed by atoms with van der Waals surface area (Å²) in [5.41, 5.74) is 3.82. The summed E-state index contributed by atoms with van der Waals surface area (Å²) in [7, 11) is 0. The molecule has 1 N–H and O–H groups in total. The number of hydrogen-bond donors (Lipinski definition) is 1. The van der Waals surface area contributed by atoms with E-state index in [-0.39, 0.29) is 11.7 Å². The molecule has 0 aromatic heterocycles. The highest BCUT2D eigenvalue weighted by atomic mass is 19.1. The van der Waals surface area contributed by atoms with Crippen molar-refractivity contribution in [3.05, 3.63) is 101 Å². The number of halogens is 1. The number of benzene rings is 3. The number of amides is 1. The van der Waals surface area contributed by atoms with Gasteiger partial charge in [0.2, 0.25) is 0 Å². The number of piperidine rings is 1. The number of carbonyl (C=O) groups excluding carboxylic acids is 1. The van der Waals surface area contributed by atoms with Crippen LogP contribution in [0.5, 0.6) is 5.75 Å². The second-order valence-electron chi connectivity index (χ2n) is 8.92. The van der Waals surface area contributed by atoms with Crippen LogP contribution in [0, 0.1) is 11.7 Å². The molecule has 1 amide bonds. The minimum Gasteiger partial charge on any atom is -0.489 e. The van der Waals surface area contributed by atoms with Gasteiger partial charge in [0.25, 0.3) is 5.91 Å². The predicted molar refractivity (Wildman–Crippen MR) is 128 cm³/mol. The summed E-state index contributed by atoms with van der Waals surface area (Å²) in [5, 5.41) is 2.98. The molecule has 4 nitrogen and oxygen atoms in total. The Labute approximate surface area is 195 Å². The number of hydrogen-bond acceptors (Lipinski definition) is 3. The maximum atomic E-state index is 13.0. The maximum Gasteiger partial charge on any atom is 0.251 e. The lowest BCUT2D eigenvalue weighted by molar-refractivity contribution is 0.0951. The molecular weight excluding hydrogens is 415 g/mol. The fraction of sp³-hybridized carbons (Fsp3) is 0.321. The van der Waals surface area contributed by atoms with Gasteiger partial charge in [0.05, 0.1) is 0 Å². The molecule has 1 fully saturated rings. The average molecular weight is 447 g/mol. The molecule has 1 aliphatic rings. The molecule has 0 saturated carbocycles. The molecule has 0 aliphatic carbocycles. The van der Waals surface area contributed by atoms with Crippen molar-refractivity contribution in [1.82, 2.24) is 10.2 Å². The summed E-state index contributed by atoms with van der Waals surface area (Å²) in [6, 6.07) is 21.8. The molecule has 0 radical (unpaired) electrons. The van der Waals surface area contributed by atoms with Gasteiger partial charge in [-0.05, 0) is 78.4 Å². The first-order valence-electron chi connectivity index (χ1n) is 11.6. The van der Waals surface area contributed by atoms with Crippen molar-refractivity contribution in [2.75, 3.05) is 13.1 Å². The van der Waals surface area contributed by atoms with E-state index < -0.39 is 0 Å². The van der Waals surface area contributed by atoms with Crippen molar-refractivity contribution < 1.29 is 13.9 Å². The zero-order valence-electron chi connectivity index (χ0n) is 19.1. The molecule has 0 bridgehead atoms. The number of nitrogens with zero attached hydrogens (tertiary/aromatic N) is 1. The van der Waals surface area contributed by atoms with E-state index in [9.17, 15) is 9.18 Å². The van der Waals surface area contributed by atoms with Crippen LogP contribution in [0.1, 0.15) is 46.8 Å². The van der Waals surface area contributed by atoms with Gasteiger partial charge in [0, 0.05) is 25.2 Å². The number of ether oxygens (including phenoxy) is 1. The van der Waals surface area contributed by atoms with Gasteiger partial charge in [-0.25, -0.2) is 4.39 Å². The molecule has 3 aromatic rings. The Bertz CT molecular complexity index is 1030. The van der Waals surface area contributed by atoms with Crippen LogP contribution >= 0.6 is 0 Å². The van der Waals surface area contributed by atoms with Gasteiger partial charge >= 0.3 is 0 Å². The molecule has 33 heavy (non-hydrogen) atoms. The summed E-state index contributed by atoms with van der Waals surface area (Å²) >= 11 is 0. The minimum atomic E-state index is -0.256. The highest BCUT2D eigenvalue weighted by Crippen LogP contribution is 2.18. The van der Waals surface area contributed by atoms with Gasteiger partial charge < -0.3 is 10.1 Å². The van der Waals surface area contributed by atoms with E-state index in [1.807, 2.05) is 36.4 Å². The highest BCUT2D eigenvalue weighted by molar-refractivity contribution is 5.94. The van der Waals surface area contributed by atoms with Crippen LogP contribution in [-0.4, -0.2) is 23.9 Å². The molecule has 1 heterocycles. The predicted octanol–water partition coefficient (Wildman–Crippen LogP) is 5.57. The average Bonchev–Trinajstić information content (AvgIpc) is 2.83. The topological polar surface area (TPSA) is 41.6 Å². The number of rotatable bonds is 8. The first-order chi connectivity index (χ1) is 16.0. The smallest absolute Gasteiger partial charge is 0.251 e. The third-order valence-corrected chi connectivity index (χ3v) is 6.06. The Morgan fingerprint density at radius 1 is 0.970 bits per heavy atom. The minimum absolute atomic E-state index is 0.0789. The van der Waals surface area contributed by atoms with Crippen molar-refractivity contribution >= 4 is 5.91 Å². The van der Waals surface area contributed by atoms with Crippen LogP contribution in [0.4, 0.5) is 4.39 Å². The van der Waals surface area contributed by atoms with Gasteiger partial charge in [0.15, 0.2) is 0 Å². The molecule has 172 valence electrons. The second kappa shape index (κ2) is 11.1. The molecule has 0 spiro atoms. The van der Waals surface area contributed by atoms with Crippen LogP contribution in [0.2, 0.25) is 0 Å². The largest absolute Gasteiger partial charge is 0.489 e. The maximum absolute atomic E-state index is 13.0. The Morgan fingerprint density at radius 2 is 1.64 bits per heavy atom. The normalized spacial score (nSPS) is 16.4. The molecule has 1 saturated heterocycles. The van der Waals surface area contributed by atoms with E-state index in [2.05, 4.69) is 29.3 Å². The van der Waals surface area contributed by atoms with Crippen molar-refractivity contribution in [2.45, 2.75) is 39.5 Å². The molecule has 5 heteroatoms. The standard InChI is InChI=1S/C28H31FN2O2/c1-21-3-2-16-31(18-21)19-23-4-10-25(11-5-23)28(32)30-17-22-8-14-27(15-9-22)33-20-24-6-12-26(29)13-7-24/h4-15,21H,2-3,16-20H2,1H3,(H,30,32)/t21-/m1/s1. The molecule has 1 aliphatic heterocycles. The van der Waals surface area contributed by atoms with E-state index in [4.69, 9.17) is 4.74 Å². The number of likely N-dealkylation sites (tertiary alicyclic amines) is 1. The lowest BCUT2D eigenvalue weighted by Gasteiger charge is -2.30. The molecule has 0 unspecified atom stereocenters. The number of carbonyl (C=O) groups is 1. The quantitative estimate of drug-likeness (QED) is 0.492. The van der Waals surface area contributed by atoms with Crippen LogP contribution in [0.25, 0.3) is 0 Å². The first kappa shape index (κ1) is 23.0. The Morgan fingerprint density at radius 3 is 2.33 bits per heavy atom. The van der Waals surface area contributed by atoms with Crippen molar-refractivity contribution in [2.24, 2.45) is 5.92 Å². The fourth-order valence-corrected chi connectivity index (χ4v) is 4.19. The lowest BCUT2D eigenvalue weighted by atomic mass is 9.99. The van der Waals surface area contributed by atoms with Crippen molar-refractivity contribution in [1.29, 1.82) is 0 Å².